The summed E-state index contributed by atoms with van der Waals surface area (Å²) in [6, 6.07) is 10.4. The molecule has 38 heavy (non-hydrogen) atoms. The Kier molecular flexibility index (Phi) is 6.34. The molecule has 3 aliphatic heterocycles. The molecule has 1 spiro atoms. The number of rotatable bonds is 4. The van der Waals surface area contributed by atoms with Crippen LogP contribution in [0.25, 0.3) is 0 Å². The first-order valence-electron chi connectivity index (χ1n) is 13.9. The minimum absolute atomic E-state index is 0.0419. The third-order valence-corrected chi connectivity index (χ3v) is 9.73. The highest BCUT2D eigenvalue weighted by molar-refractivity contribution is 5.94. The van der Waals surface area contributed by atoms with Crippen LogP contribution < -0.4 is 4.90 Å². The second kappa shape index (κ2) is 9.70. The molecule has 2 saturated heterocycles. The van der Waals surface area contributed by atoms with Crippen LogP contribution in [-0.2, 0) is 11.2 Å². The van der Waals surface area contributed by atoms with Crippen molar-refractivity contribution in [2.45, 2.75) is 44.6 Å². The molecule has 1 N–H and O–H groups in total. The van der Waals surface area contributed by atoms with Crippen LogP contribution >= 0.6 is 0 Å². The van der Waals surface area contributed by atoms with Gasteiger partial charge in [-0.05, 0) is 73.4 Å². The summed E-state index contributed by atoms with van der Waals surface area (Å²) in [7, 11) is 2.02. The summed E-state index contributed by atoms with van der Waals surface area (Å²) in [6.45, 7) is 4.37. The molecular formula is C31H37N4O3+. The standard InChI is InChI=1S/C31H36N4O3/c1-35(21-3-2-4-28(35)30(37)38)27-8-7-23-5-6-24(22-26(23)27)29(36)34-19-13-31(14-20-34)11-17-33(18-12-31)25-9-15-32-16-10-25/h2-6,9-10,15-16,22,27H,7-8,11-14,17-21H2,1H3/p+1. The summed E-state index contributed by atoms with van der Waals surface area (Å²) in [5.74, 6) is -0.760. The molecule has 2 fully saturated rings. The maximum absolute atomic E-state index is 13.6. The van der Waals surface area contributed by atoms with E-state index >= 15 is 0 Å². The first-order valence-corrected chi connectivity index (χ1v) is 13.9. The Labute approximate surface area is 224 Å². The summed E-state index contributed by atoms with van der Waals surface area (Å²) in [5.41, 5.74) is 5.11. The number of anilines is 1. The van der Waals surface area contributed by atoms with E-state index in [1.807, 2.05) is 42.6 Å². The van der Waals surface area contributed by atoms with Crippen molar-refractivity contribution in [1.29, 1.82) is 0 Å². The van der Waals surface area contributed by atoms with Crippen molar-refractivity contribution in [3.05, 3.63) is 83.3 Å². The Hall–Kier alpha value is -3.45. The molecule has 1 amide bonds. The molecule has 2 atom stereocenters. The van der Waals surface area contributed by atoms with E-state index in [0.29, 0.717) is 22.1 Å². The molecule has 1 aliphatic carbocycles. The number of hydrogen-bond donors (Lipinski definition) is 1. The number of pyridine rings is 1. The quantitative estimate of drug-likeness (QED) is 0.606. The zero-order valence-electron chi connectivity index (χ0n) is 22.2. The average Bonchev–Trinajstić information content (AvgIpc) is 3.38. The van der Waals surface area contributed by atoms with E-state index in [1.165, 1.54) is 24.1 Å². The maximum atomic E-state index is 13.6. The van der Waals surface area contributed by atoms with Crippen molar-refractivity contribution in [2.24, 2.45) is 5.41 Å². The van der Waals surface area contributed by atoms with Gasteiger partial charge in [-0.2, -0.15) is 0 Å². The molecule has 1 aromatic carbocycles. The maximum Gasteiger partial charge on any atom is 0.390 e. The number of aliphatic carboxylic acids is 1. The molecule has 4 heterocycles. The summed E-state index contributed by atoms with van der Waals surface area (Å²) in [4.78, 5) is 34.3. The fraction of sp³-hybridized carbons (Fsp3) is 0.452. The Balaban J connectivity index is 1.13. The van der Waals surface area contributed by atoms with Crippen molar-refractivity contribution in [3.8, 4) is 0 Å². The largest absolute Gasteiger partial charge is 0.474 e. The van der Waals surface area contributed by atoms with Crippen molar-refractivity contribution in [1.82, 2.24) is 9.88 Å². The van der Waals surface area contributed by atoms with E-state index in [1.54, 1.807) is 6.08 Å². The monoisotopic (exact) mass is 513 g/mol. The van der Waals surface area contributed by atoms with Crippen LogP contribution in [0.5, 0.6) is 0 Å². The third kappa shape index (κ3) is 4.33. The second-order valence-electron chi connectivity index (χ2n) is 11.7. The van der Waals surface area contributed by atoms with E-state index in [9.17, 15) is 14.7 Å². The number of nitrogens with zero attached hydrogens (tertiary/aromatic N) is 4. The number of likely N-dealkylation sites (tertiary alicyclic amines) is 1. The van der Waals surface area contributed by atoms with Crippen molar-refractivity contribution < 1.29 is 19.2 Å². The van der Waals surface area contributed by atoms with Gasteiger partial charge in [0, 0.05) is 67.9 Å². The third-order valence-electron chi connectivity index (χ3n) is 9.73. The van der Waals surface area contributed by atoms with Crippen LogP contribution in [0, 0.1) is 5.41 Å². The number of likely N-dealkylation sites (N-methyl/N-ethyl adjacent to an activating group) is 1. The lowest BCUT2D eigenvalue weighted by Crippen LogP contribution is -2.49. The molecule has 0 saturated carbocycles. The first-order chi connectivity index (χ1) is 18.4. The summed E-state index contributed by atoms with van der Waals surface area (Å²) < 4.78 is 0.346. The lowest BCUT2D eigenvalue weighted by atomic mass is 9.71. The fourth-order valence-corrected chi connectivity index (χ4v) is 7.26. The SMILES string of the molecule is C[N+]1(C2CCc3ccc(C(=O)N4CCC5(CC4)CCN(c4ccncc4)CC5)cc32)CC=CC=C1C(=O)O. The predicted molar refractivity (Wildman–Crippen MR) is 147 cm³/mol. The molecule has 7 heteroatoms. The van der Waals surface area contributed by atoms with Gasteiger partial charge in [0.1, 0.15) is 12.6 Å². The molecular weight excluding hydrogens is 476 g/mol. The topological polar surface area (TPSA) is 73.7 Å². The molecule has 7 nitrogen and oxygen atoms in total. The number of benzene rings is 1. The summed E-state index contributed by atoms with van der Waals surface area (Å²) >= 11 is 0. The zero-order chi connectivity index (χ0) is 26.3. The van der Waals surface area contributed by atoms with Gasteiger partial charge in [-0.3, -0.25) is 14.3 Å². The van der Waals surface area contributed by atoms with Crippen molar-refractivity contribution in [2.75, 3.05) is 44.7 Å². The molecule has 0 radical (unpaired) electrons. The number of piperidine rings is 2. The number of aryl methyl sites for hydroxylation is 1. The Morgan fingerprint density at radius 2 is 1.74 bits per heavy atom. The van der Waals surface area contributed by atoms with Crippen LogP contribution in [0.1, 0.15) is 59.6 Å². The van der Waals surface area contributed by atoms with Gasteiger partial charge in [0.2, 0.25) is 5.70 Å². The van der Waals surface area contributed by atoms with Gasteiger partial charge < -0.3 is 14.9 Å². The number of carboxylic acid groups (broad SMARTS) is 1. The van der Waals surface area contributed by atoms with Crippen LogP contribution in [0.15, 0.2) is 66.7 Å². The molecule has 0 bridgehead atoms. The Morgan fingerprint density at radius 3 is 2.45 bits per heavy atom. The van der Waals surface area contributed by atoms with Gasteiger partial charge in [-0.1, -0.05) is 12.1 Å². The lowest BCUT2D eigenvalue weighted by molar-refractivity contribution is -0.895. The number of amides is 1. The molecule has 2 unspecified atom stereocenters. The number of hydrogen-bond acceptors (Lipinski definition) is 4. The molecule has 2 aromatic rings. The van der Waals surface area contributed by atoms with E-state index < -0.39 is 5.97 Å². The van der Waals surface area contributed by atoms with Crippen LogP contribution in [-0.4, -0.2) is 71.1 Å². The lowest BCUT2D eigenvalue weighted by Gasteiger charge is -2.47. The van der Waals surface area contributed by atoms with Gasteiger partial charge >= 0.3 is 5.97 Å². The van der Waals surface area contributed by atoms with Gasteiger partial charge in [0.05, 0.1) is 7.05 Å². The smallest absolute Gasteiger partial charge is 0.390 e. The average molecular weight is 514 g/mol. The predicted octanol–water partition coefficient (Wildman–Crippen LogP) is 4.58. The number of carbonyl (C=O) groups excluding carboxylic acids is 1. The van der Waals surface area contributed by atoms with E-state index in [0.717, 1.165) is 63.0 Å². The highest BCUT2D eigenvalue weighted by Gasteiger charge is 2.45. The van der Waals surface area contributed by atoms with Gasteiger partial charge in [-0.15, -0.1) is 0 Å². The van der Waals surface area contributed by atoms with Crippen LogP contribution in [0.4, 0.5) is 5.69 Å². The normalized spacial score (nSPS) is 26.2. The molecule has 198 valence electrons. The van der Waals surface area contributed by atoms with E-state index in [4.69, 9.17) is 0 Å². The summed E-state index contributed by atoms with van der Waals surface area (Å²) in [6.07, 6.45) is 15.6. The molecule has 6 rings (SSSR count). The molecule has 1 aromatic heterocycles. The van der Waals surface area contributed by atoms with Crippen molar-refractivity contribution >= 4 is 17.6 Å². The minimum Gasteiger partial charge on any atom is -0.474 e. The van der Waals surface area contributed by atoms with Gasteiger partial charge in [-0.25, -0.2) is 4.79 Å². The number of carboxylic acids is 1. The molecule has 4 aliphatic rings. The van der Waals surface area contributed by atoms with Crippen LogP contribution in [0.3, 0.4) is 0 Å². The highest BCUT2D eigenvalue weighted by atomic mass is 16.4. The summed E-state index contributed by atoms with van der Waals surface area (Å²) in [5, 5.41) is 9.89. The number of aromatic nitrogens is 1. The minimum atomic E-state index is -0.869. The van der Waals surface area contributed by atoms with Crippen LogP contribution in [0.2, 0.25) is 0 Å². The second-order valence-corrected chi connectivity index (χ2v) is 11.7. The zero-order valence-corrected chi connectivity index (χ0v) is 22.2. The number of carbonyl (C=O) groups is 2. The number of quaternary nitrogens is 1. The first kappa shape index (κ1) is 24.9. The van der Waals surface area contributed by atoms with E-state index in [2.05, 4.69) is 34.1 Å². The van der Waals surface area contributed by atoms with Crippen molar-refractivity contribution in [3.63, 3.8) is 0 Å². The number of fused-ring (bicyclic) bond motifs is 1. The van der Waals surface area contributed by atoms with Gasteiger partial charge in [0.25, 0.3) is 5.91 Å². The fourth-order valence-electron chi connectivity index (χ4n) is 7.26. The number of allylic oxidation sites excluding steroid dienone is 2. The van der Waals surface area contributed by atoms with E-state index in [-0.39, 0.29) is 11.9 Å². The highest BCUT2D eigenvalue weighted by Crippen LogP contribution is 2.45. The Morgan fingerprint density at radius 1 is 1.03 bits per heavy atom. The van der Waals surface area contributed by atoms with Gasteiger partial charge in [0.15, 0.2) is 0 Å². The Bertz CT molecular complexity index is 1290.